The molecule has 0 aliphatic carbocycles. The van der Waals surface area contributed by atoms with Crippen LogP contribution in [0.1, 0.15) is 14.2 Å². The summed E-state index contributed by atoms with van der Waals surface area (Å²) in [6, 6.07) is 0. The third-order valence-electron chi connectivity index (χ3n) is 0.903. The molecule has 0 amide bonds. The Hall–Kier alpha value is -0.110. The lowest BCUT2D eigenvalue weighted by Crippen LogP contribution is -2.04. The zero-order valence-corrected chi connectivity index (χ0v) is 3.52. The van der Waals surface area contributed by atoms with E-state index in [-0.39, 0.29) is 0 Å². The number of hydrogen-bond donors (Lipinski definition) is 0. The molecule has 1 nitrogen and oxygen atoms in total. The number of hydrogen-bond acceptors (Lipinski definition) is 1. The van der Waals surface area contributed by atoms with Crippen LogP contribution in [-0.2, 0) is 0 Å². The first kappa shape index (κ1) is 2.97. The van der Waals surface area contributed by atoms with Crippen LogP contribution in [0.4, 0.5) is 4.48 Å². The van der Waals surface area contributed by atoms with Gasteiger partial charge >= 0.3 is 0 Å². The Balaban J connectivity index is 2.33. The summed E-state index contributed by atoms with van der Waals surface area (Å²) in [4.78, 5) is 0. The second-order valence-corrected chi connectivity index (χ2v) is 1.45. The van der Waals surface area contributed by atoms with E-state index in [1.54, 1.807) is 0 Å². The highest BCUT2D eigenvalue weighted by Crippen LogP contribution is 2.05. The molecule has 1 atom stereocenters. The van der Waals surface area contributed by atoms with Crippen LogP contribution in [0.2, 0.25) is 0 Å². The first-order chi connectivity index (χ1) is 3.30. The van der Waals surface area contributed by atoms with Gasteiger partial charge in [0, 0.05) is 14.4 Å². The van der Waals surface area contributed by atoms with Gasteiger partial charge in [0.15, 0.2) is 0 Å². The molecule has 1 unspecified atom stereocenters. The van der Waals surface area contributed by atoms with Crippen molar-refractivity contribution in [3.63, 3.8) is 0 Å². The van der Waals surface area contributed by atoms with Crippen LogP contribution in [0.25, 0.3) is 0 Å². The van der Waals surface area contributed by atoms with Gasteiger partial charge in [-0.1, -0.05) is 0 Å². The fourth-order valence-corrected chi connectivity index (χ4v) is 0.565. The molecule has 1 aliphatic rings. The Labute approximate surface area is 38.1 Å². The minimum Gasteiger partial charge on any atom is -0.146 e. The molecular weight excluding hydrogens is 81.0 g/mol. The van der Waals surface area contributed by atoms with Crippen molar-refractivity contribution in [3.8, 4) is 0 Å². The molecule has 0 aromatic heterocycles. The van der Waals surface area contributed by atoms with Crippen molar-refractivity contribution in [2.45, 2.75) is 12.8 Å². The minimum absolute atomic E-state index is 0.453. The molecule has 0 radical (unpaired) electrons. The summed E-state index contributed by atoms with van der Waals surface area (Å²) in [5.41, 5.74) is 0. The monoisotopic (exact) mass is 90.1 g/mol. The lowest BCUT2D eigenvalue weighted by molar-refractivity contribution is 0.0574. The molecule has 1 saturated heterocycles. The first-order valence-electron chi connectivity index (χ1n) is 2.73. The average molecular weight is 90.1 g/mol. The molecule has 0 aromatic carbocycles. The van der Waals surface area contributed by atoms with E-state index in [1.165, 1.54) is 0 Å². The highest BCUT2D eigenvalue weighted by molar-refractivity contribution is 4.55. The predicted molar refractivity (Wildman–Crippen MR) is 21.9 cm³/mol. The van der Waals surface area contributed by atoms with Crippen molar-refractivity contribution in [2.75, 3.05) is 13.1 Å². The molecule has 36 valence electrons. The van der Waals surface area contributed by atoms with E-state index >= 15 is 0 Å². The van der Waals surface area contributed by atoms with Crippen molar-refractivity contribution in [2.24, 2.45) is 0 Å². The van der Waals surface area contributed by atoms with Gasteiger partial charge in [-0.05, 0) is 12.8 Å². The second-order valence-electron chi connectivity index (χ2n) is 1.45. The number of rotatable bonds is 0. The molecule has 0 N–H and O–H groups in total. The van der Waals surface area contributed by atoms with Gasteiger partial charge < -0.3 is 0 Å². The number of nitrogens with zero attached hydrogens (tertiary/aromatic N) is 1. The largest absolute Gasteiger partial charge is 0.146 e. The highest BCUT2D eigenvalue weighted by atomic mass is 19.2. The summed E-state index contributed by atoms with van der Waals surface area (Å²) in [6.45, 7) is -0.117. The lowest BCUT2D eigenvalue weighted by Gasteiger charge is -1.94. The SMILES string of the molecule is [2H]C1CCCN1F. The summed E-state index contributed by atoms with van der Waals surface area (Å²) in [5.74, 6) is 0. The van der Waals surface area contributed by atoms with Gasteiger partial charge in [-0.2, -0.15) is 0 Å². The Morgan fingerprint density at radius 2 is 2.50 bits per heavy atom. The maximum Gasteiger partial charge on any atom is 0.0459 e. The summed E-state index contributed by atoms with van der Waals surface area (Å²) in [7, 11) is 0. The van der Waals surface area contributed by atoms with E-state index in [0.29, 0.717) is 18.1 Å². The first-order valence-corrected chi connectivity index (χ1v) is 2.15. The van der Waals surface area contributed by atoms with Crippen LogP contribution >= 0.6 is 0 Å². The van der Waals surface area contributed by atoms with Crippen LogP contribution in [-0.4, -0.2) is 18.2 Å². The van der Waals surface area contributed by atoms with Crippen molar-refractivity contribution in [3.05, 3.63) is 0 Å². The summed E-state index contributed by atoms with van der Waals surface area (Å²) < 4.78 is 18.9. The van der Waals surface area contributed by atoms with Gasteiger partial charge in [0.25, 0.3) is 0 Å². The summed E-state index contributed by atoms with van der Waals surface area (Å²) >= 11 is 0. The zero-order valence-electron chi connectivity index (χ0n) is 4.52. The third-order valence-corrected chi connectivity index (χ3v) is 0.903. The van der Waals surface area contributed by atoms with Gasteiger partial charge in [-0.3, -0.25) is 0 Å². The molecule has 0 bridgehead atoms. The van der Waals surface area contributed by atoms with Crippen molar-refractivity contribution < 1.29 is 5.85 Å². The molecule has 6 heavy (non-hydrogen) atoms. The molecule has 0 spiro atoms. The molecular formula is C4H8FN. The van der Waals surface area contributed by atoms with Crippen molar-refractivity contribution >= 4 is 0 Å². The van der Waals surface area contributed by atoms with E-state index in [2.05, 4.69) is 0 Å². The van der Waals surface area contributed by atoms with Crippen molar-refractivity contribution in [1.82, 2.24) is 5.12 Å². The van der Waals surface area contributed by atoms with Gasteiger partial charge in [0.1, 0.15) is 0 Å². The molecule has 2 heteroatoms. The maximum atomic E-state index is 12.0. The molecule has 1 aliphatic heterocycles. The average Bonchev–Trinajstić information content (AvgIpc) is 1.91. The predicted octanol–water partition coefficient (Wildman–Crippen LogP) is 0.967. The Bertz CT molecular complexity index is 60.7. The molecule has 1 heterocycles. The normalized spacial score (nSPS) is 40.2. The lowest BCUT2D eigenvalue weighted by atomic mass is 10.4. The van der Waals surface area contributed by atoms with Gasteiger partial charge in [-0.25, -0.2) is 0 Å². The van der Waals surface area contributed by atoms with Crippen LogP contribution in [0.5, 0.6) is 0 Å². The quantitative estimate of drug-likeness (QED) is 0.400. The molecule has 0 aromatic rings. The van der Waals surface area contributed by atoms with Gasteiger partial charge in [0.2, 0.25) is 0 Å². The van der Waals surface area contributed by atoms with E-state index in [1.807, 2.05) is 0 Å². The van der Waals surface area contributed by atoms with Crippen LogP contribution < -0.4 is 0 Å². The fraction of sp³-hybridized carbons (Fsp3) is 1.00. The zero-order chi connectivity index (χ0) is 5.28. The van der Waals surface area contributed by atoms with E-state index in [9.17, 15) is 4.48 Å². The summed E-state index contributed by atoms with van der Waals surface area (Å²) in [6.07, 6.45) is 1.53. The van der Waals surface area contributed by atoms with Crippen LogP contribution in [0.3, 0.4) is 0 Å². The van der Waals surface area contributed by atoms with Crippen LogP contribution in [0, 0.1) is 0 Å². The number of halogens is 1. The van der Waals surface area contributed by atoms with E-state index < -0.39 is 6.52 Å². The molecule has 0 saturated carbocycles. The Morgan fingerprint density at radius 1 is 1.67 bits per heavy atom. The second kappa shape index (κ2) is 1.56. The van der Waals surface area contributed by atoms with Crippen molar-refractivity contribution in [1.29, 1.82) is 0 Å². The van der Waals surface area contributed by atoms with E-state index in [0.717, 1.165) is 6.42 Å². The van der Waals surface area contributed by atoms with Gasteiger partial charge in [0.05, 0.1) is 0 Å². The highest BCUT2D eigenvalue weighted by Gasteiger charge is 2.07. The minimum atomic E-state index is -0.569. The summed E-state index contributed by atoms with van der Waals surface area (Å²) in [5, 5.41) is 0.569. The van der Waals surface area contributed by atoms with Gasteiger partial charge in [-0.15, -0.1) is 9.60 Å². The van der Waals surface area contributed by atoms with E-state index in [4.69, 9.17) is 1.37 Å². The standard InChI is InChI=1S/C4H8FN/c5-6-3-1-2-4-6/h1-4H2/i3D. The molecule has 1 rings (SSSR count). The Morgan fingerprint density at radius 3 is 2.67 bits per heavy atom. The maximum absolute atomic E-state index is 12.0. The molecule has 1 fully saturated rings. The third kappa shape index (κ3) is 0.684. The Kier molecular flexibility index (Phi) is 0.771. The topological polar surface area (TPSA) is 3.24 Å². The smallest absolute Gasteiger partial charge is 0.0459 e. The fourth-order valence-electron chi connectivity index (χ4n) is 0.565. The van der Waals surface area contributed by atoms with Crippen LogP contribution in [0.15, 0.2) is 0 Å².